The van der Waals surface area contributed by atoms with Crippen LogP contribution in [0.4, 0.5) is 0 Å². The number of rotatable bonds is 4. The van der Waals surface area contributed by atoms with Crippen LogP contribution >= 0.6 is 23.2 Å². The Balaban J connectivity index is 2.50. The van der Waals surface area contributed by atoms with E-state index >= 15 is 0 Å². The summed E-state index contributed by atoms with van der Waals surface area (Å²) in [6, 6.07) is 5.44. The van der Waals surface area contributed by atoms with Crippen LogP contribution in [-0.2, 0) is 13.0 Å². The highest BCUT2D eigenvalue weighted by molar-refractivity contribution is 6.35. The second kappa shape index (κ2) is 5.74. The van der Waals surface area contributed by atoms with Crippen molar-refractivity contribution >= 4 is 23.2 Å². The molecule has 18 heavy (non-hydrogen) atoms. The largest absolute Gasteiger partial charge is 0.316 e. The summed E-state index contributed by atoms with van der Waals surface area (Å²) < 4.78 is 1.88. The monoisotopic (exact) mass is 283 g/mol. The van der Waals surface area contributed by atoms with E-state index in [0.717, 1.165) is 24.3 Å². The smallest absolute Gasteiger partial charge is 0.0836 e. The molecule has 1 aromatic heterocycles. The molecule has 2 aromatic rings. The van der Waals surface area contributed by atoms with E-state index < -0.39 is 0 Å². The molecule has 3 nitrogen and oxygen atoms in total. The zero-order valence-corrected chi connectivity index (χ0v) is 11.9. The van der Waals surface area contributed by atoms with Crippen LogP contribution in [0, 0.1) is 0 Å². The molecule has 1 heterocycles. The first-order valence-corrected chi connectivity index (χ1v) is 6.58. The molecule has 0 aliphatic carbocycles. The number of nitrogens with one attached hydrogen (secondary N) is 1. The number of hydrogen-bond donors (Lipinski definition) is 1. The average molecular weight is 284 g/mol. The zero-order valence-electron chi connectivity index (χ0n) is 10.4. The van der Waals surface area contributed by atoms with Gasteiger partial charge in [0.15, 0.2) is 0 Å². The Morgan fingerprint density at radius 2 is 2.11 bits per heavy atom. The molecule has 5 heteroatoms. The van der Waals surface area contributed by atoms with Crippen molar-refractivity contribution in [3.05, 3.63) is 45.7 Å². The molecule has 2 rings (SSSR count). The van der Waals surface area contributed by atoms with Crippen LogP contribution < -0.4 is 5.32 Å². The van der Waals surface area contributed by atoms with E-state index in [1.165, 1.54) is 5.56 Å². The summed E-state index contributed by atoms with van der Waals surface area (Å²) in [5, 5.41) is 8.79. The van der Waals surface area contributed by atoms with Crippen LogP contribution in [0.3, 0.4) is 0 Å². The number of nitrogens with zero attached hydrogens (tertiary/aromatic N) is 2. The van der Waals surface area contributed by atoms with E-state index in [2.05, 4.69) is 17.3 Å². The highest BCUT2D eigenvalue weighted by Crippen LogP contribution is 2.26. The van der Waals surface area contributed by atoms with Crippen molar-refractivity contribution in [2.45, 2.75) is 19.9 Å². The highest BCUT2D eigenvalue weighted by atomic mass is 35.5. The molecule has 0 aliphatic rings. The van der Waals surface area contributed by atoms with Crippen molar-refractivity contribution in [3.8, 4) is 5.69 Å². The van der Waals surface area contributed by atoms with Gasteiger partial charge in [-0.2, -0.15) is 5.10 Å². The van der Waals surface area contributed by atoms with Crippen molar-refractivity contribution < 1.29 is 0 Å². The summed E-state index contributed by atoms with van der Waals surface area (Å²) in [6.07, 6.45) is 2.77. The number of halogens is 2. The van der Waals surface area contributed by atoms with Gasteiger partial charge in [0.25, 0.3) is 0 Å². The molecule has 1 aromatic carbocycles. The molecule has 0 spiro atoms. The Kier molecular flexibility index (Phi) is 4.27. The van der Waals surface area contributed by atoms with Crippen LogP contribution in [0.2, 0.25) is 10.0 Å². The Labute approximate surface area is 117 Å². The number of benzene rings is 1. The van der Waals surface area contributed by atoms with Crippen molar-refractivity contribution in [2.75, 3.05) is 7.05 Å². The second-order valence-corrected chi connectivity index (χ2v) is 4.85. The van der Waals surface area contributed by atoms with Gasteiger partial charge in [-0.3, -0.25) is 0 Å². The number of hydrogen-bond acceptors (Lipinski definition) is 2. The Bertz CT molecular complexity index is 549. The second-order valence-electron chi connectivity index (χ2n) is 4.01. The molecule has 1 N–H and O–H groups in total. The molecule has 0 atom stereocenters. The van der Waals surface area contributed by atoms with Gasteiger partial charge in [-0.25, -0.2) is 4.68 Å². The van der Waals surface area contributed by atoms with Crippen LogP contribution in [0.5, 0.6) is 0 Å². The molecule has 0 fully saturated rings. The molecular weight excluding hydrogens is 269 g/mol. The summed E-state index contributed by atoms with van der Waals surface area (Å²) in [5.74, 6) is 0. The minimum atomic E-state index is 0.608. The molecule has 0 radical (unpaired) electrons. The summed E-state index contributed by atoms with van der Waals surface area (Å²) in [5.41, 5.74) is 3.21. The third kappa shape index (κ3) is 2.53. The molecule has 0 saturated heterocycles. The first-order chi connectivity index (χ1) is 8.67. The summed E-state index contributed by atoms with van der Waals surface area (Å²) >= 11 is 12.1. The fraction of sp³-hybridized carbons (Fsp3) is 0.308. The van der Waals surface area contributed by atoms with Gasteiger partial charge < -0.3 is 5.32 Å². The van der Waals surface area contributed by atoms with Crippen molar-refractivity contribution in [1.82, 2.24) is 15.1 Å². The standard InChI is InChI=1S/C13H15Cl2N3/c1-3-12-9(7-16-2)8-17-18(12)13-5-4-10(14)6-11(13)15/h4-6,8,16H,3,7H2,1-2H3. The maximum atomic E-state index is 6.22. The predicted molar refractivity (Wildman–Crippen MR) is 75.7 cm³/mol. The minimum Gasteiger partial charge on any atom is -0.316 e. The van der Waals surface area contributed by atoms with E-state index in [-0.39, 0.29) is 0 Å². The third-order valence-electron chi connectivity index (χ3n) is 2.80. The molecule has 0 amide bonds. The fourth-order valence-electron chi connectivity index (χ4n) is 1.98. The van der Waals surface area contributed by atoms with E-state index in [0.29, 0.717) is 10.0 Å². The first kappa shape index (κ1) is 13.4. The molecule has 0 aliphatic heterocycles. The van der Waals surface area contributed by atoms with E-state index in [4.69, 9.17) is 23.2 Å². The lowest BCUT2D eigenvalue weighted by molar-refractivity contribution is 0.779. The minimum absolute atomic E-state index is 0.608. The molecule has 0 bridgehead atoms. The highest BCUT2D eigenvalue weighted by Gasteiger charge is 2.12. The fourth-order valence-corrected chi connectivity index (χ4v) is 2.47. The van der Waals surface area contributed by atoms with Crippen molar-refractivity contribution in [3.63, 3.8) is 0 Å². The van der Waals surface area contributed by atoms with Gasteiger partial charge in [0.1, 0.15) is 0 Å². The summed E-state index contributed by atoms with van der Waals surface area (Å²) in [4.78, 5) is 0. The molecular formula is C13H15Cl2N3. The molecule has 96 valence electrons. The lowest BCUT2D eigenvalue weighted by Crippen LogP contribution is -2.08. The molecule has 0 saturated carbocycles. The van der Waals surface area contributed by atoms with Crippen LogP contribution in [0.1, 0.15) is 18.2 Å². The SMILES string of the molecule is CCc1c(CNC)cnn1-c1ccc(Cl)cc1Cl. The first-order valence-electron chi connectivity index (χ1n) is 5.83. The molecule has 0 unspecified atom stereocenters. The van der Waals surface area contributed by atoms with Crippen LogP contribution in [0.25, 0.3) is 5.69 Å². The normalized spacial score (nSPS) is 10.9. The van der Waals surface area contributed by atoms with Gasteiger partial charge in [0.05, 0.1) is 16.9 Å². The van der Waals surface area contributed by atoms with Crippen molar-refractivity contribution in [2.24, 2.45) is 0 Å². The average Bonchev–Trinajstić information content (AvgIpc) is 2.72. The Hall–Kier alpha value is -1.03. The van der Waals surface area contributed by atoms with Crippen LogP contribution in [0.15, 0.2) is 24.4 Å². The van der Waals surface area contributed by atoms with Gasteiger partial charge >= 0.3 is 0 Å². The Morgan fingerprint density at radius 1 is 1.33 bits per heavy atom. The maximum Gasteiger partial charge on any atom is 0.0836 e. The topological polar surface area (TPSA) is 29.9 Å². The zero-order chi connectivity index (χ0) is 13.1. The van der Waals surface area contributed by atoms with E-state index in [1.54, 1.807) is 6.07 Å². The van der Waals surface area contributed by atoms with E-state index in [9.17, 15) is 0 Å². The maximum absolute atomic E-state index is 6.22. The van der Waals surface area contributed by atoms with Crippen LogP contribution in [-0.4, -0.2) is 16.8 Å². The van der Waals surface area contributed by atoms with E-state index in [1.807, 2.05) is 30.1 Å². The van der Waals surface area contributed by atoms with Crippen molar-refractivity contribution in [1.29, 1.82) is 0 Å². The number of aromatic nitrogens is 2. The third-order valence-corrected chi connectivity index (χ3v) is 3.33. The van der Waals surface area contributed by atoms with Gasteiger partial charge in [-0.1, -0.05) is 30.1 Å². The summed E-state index contributed by atoms with van der Waals surface area (Å²) in [6.45, 7) is 2.91. The van der Waals surface area contributed by atoms with Gasteiger partial charge in [-0.05, 0) is 31.7 Å². The Morgan fingerprint density at radius 3 is 2.72 bits per heavy atom. The lowest BCUT2D eigenvalue weighted by Gasteiger charge is -2.09. The lowest BCUT2D eigenvalue weighted by atomic mass is 10.2. The summed E-state index contributed by atoms with van der Waals surface area (Å²) in [7, 11) is 1.92. The van der Waals surface area contributed by atoms with Gasteiger partial charge in [0, 0.05) is 22.8 Å². The quantitative estimate of drug-likeness (QED) is 0.931. The van der Waals surface area contributed by atoms with Gasteiger partial charge in [-0.15, -0.1) is 0 Å². The van der Waals surface area contributed by atoms with Gasteiger partial charge in [0.2, 0.25) is 0 Å². The predicted octanol–water partition coefficient (Wildman–Crippen LogP) is 3.46.